The van der Waals surface area contributed by atoms with Crippen LogP contribution in [0.15, 0.2) is 36.7 Å². The maximum atomic E-state index is 12.9. The molecular formula is C20H24N4O. The molecule has 1 fully saturated rings. The van der Waals surface area contributed by atoms with Crippen molar-refractivity contribution in [2.75, 3.05) is 19.6 Å². The van der Waals surface area contributed by atoms with Gasteiger partial charge in [-0.1, -0.05) is 30.3 Å². The van der Waals surface area contributed by atoms with Gasteiger partial charge in [-0.05, 0) is 31.2 Å². The summed E-state index contributed by atoms with van der Waals surface area (Å²) in [6.07, 6.45) is 5.83. The van der Waals surface area contributed by atoms with Crippen LogP contribution in [0.5, 0.6) is 0 Å². The van der Waals surface area contributed by atoms with Crippen LogP contribution in [-0.2, 0) is 19.5 Å². The average molecular weight is 336 g/mol. The summed E-state index contributed by atoms with van der Waals surface area (Å²) in [5.41, 5.74) is 4.01. The number of hydrogen-bond donors (Lipinski definition) is 0. The van der Waals surface area contributed by atoms with Crippen molar-refractivity contribution in [3.8, 4) is 0 Å². The van der Waals surface area contributed by atoms with E-state index in [0.717, 1.165) is 63.2 Å². The molecule has 5 nitrogen and oxygen atoms in total. The van der Waals surface area contributed by atoms with E-state index in [0.29, 0.717) is 5.69 Å². The molecule has 0 aliphatic carbocycles. The highest BCUT2D eigenvalue weighted by Gasteiger charge is 2.27. The second-order valence-corrected chi connectivity index (χ2v) is 6.95. The number of piperidine rings is 1. The molecule has 2 aliphatic heterocycles. The first kappa shape index (κ1) is 16.2. The molecule has 0 bridgehead atoms. The van der Waals surface area contributed by atoms with Crippen molar-refractivity contribution in [3.63, 3.8) is 0 Å². The number of nitrogens with zero attached hydrogens (tertiary/aromatic N) is 4. The number of fused-ring (bicyclic) bond motifs is 1. The van der Waals surface area contributed by atoms with Crippen molar-refractivity contribution < 1.29 is 4.79 Å². The lowest BCUT2D eigenvalue weighted by Gasteiger charge is -2.31. The van der Waals surface area contributed by atoms with Crippen molar-refractivity contribution in [3.05, 3.63) is 59.2 Å². The van der Waals surface area contributed by atoms with Gasteiger partial charge in [0.05, 0.1) is 5.69 Å². The minimum atomic E-state index is 0.0925. The Bertz CT molecular complexity index is 741. The molecule has 2 aliphatic rings. The molecule has 25 heavy (non-hydrogen) atoms. The standard InChI is InChI=1S/C20H24N4O/c25-20(24-10-5-2-6-11-24)19-17-9-12-23(14-18(17)21-15-22-19)13-16-7-3-1-4-8-16/h1,3-4,7-8,15H,2,5-6,9-14H2. The molecule has 0 atom stereocenters. The van der Waals surface area contributed by atoms with Gasteiger partial charge in [0.2, 0.25) is 0 Å². The van der Waals surface area contributed by atoms with E-state index in [2.05, 4.69) is 39.1 Å². The molecule has 5 heteroatoms. The quantitative estimate of drug-likeness (QED) is 0.865. The summed E-state index contributed by atoms with van der Waals surface area (Å²) >= 11 is 0. The molecule has 1 amide bonds. The van der Waals surface area contributed by atoms with E-state index in [1.807, 2.05) is 11.0 Å². The maximum absolute atomic E-state index is 12.9. The highest BCUT2D eigenvalue weighted by Crippen LogP contribution is 2.23. The Balaban J connectivity index is 1.51. The normalized spacial score (nSPS) is 18.0. The predicted octanol–water partition coefficient (Wildman–Crippen LogP) is 2.66. The third-order valence-electron chi connectivity index (χ3n) is 5.18. The lowest BCUT2D eigenvalue weighted by molar-refractivity contribution is 0.0715. The van der Waals surface area contributed by atoms with Crippen molar-refractivity contribution in [2.24, 2.45) is 0 Å². The summed E-state index contributed by atoms with van der Waals surface area (Å²) in [7, 11) is 0. The average Bonchev–Trinajstić information content (AvgIpc) is 2.68. The third kappa shape index (κ3) is 3.56. The zero-order valence-electron chi connectivity index (χ0n) is 14.5. The Hall–Kier alpha value is -2.27. The first-order valence-corrected chi connectivity index (χ1v) is 9.19. The molecule has 1 saturated heterocycles. The highest BCUT2D eigenvalue weighted by molar-refractivity contribution is 5.94. The van der Waals surface area contributed by atoms with Crippen molar-refractivity contribution >= 4 is 5.91 Å². The largest absolute Gasteiger partial charge is 0.337 e. The van der Waals surface area contributed by atoms with Crippen molar-refractivity contribution in [2.45, 2.75) is 38.8 Å². The summed E-state index contributed by atoms with van der Waals surface area (Å²) in [4.78, 5) is 26.0. The Morgan fingerprint density at radius 2 is 1.80 bits per heavy atom. The fourth-order valence-corrected chi connectivity index (χ4v) is 3.82. The molecule has 130 valence electrons. The summed E-state index contributed by atoms with van der Waals surface area (Å²) in [6.45, 7) is 4.36. The third-order valence-corrected chi connectivity index (χ3v) is 5.18. The number of aromatic nitrogens is 2. The number of carbonyl (C=O) groups is 1. The van der Waals surface area contributed by atoms with Crippen molar-refractivity contribution in [1.29, 1.82) is 0 Å². The van der Waals surface area contributed by atoms with Gasteiger partial charge in [-0.25, -0.2) is 9.97 Å². The van der Waals surface area contributed by atoms with Crippen LogP contribution in [0.1, 0.15) is 46.6 Å². The van der Waals surface area contributed by atoms with Gasteiger partial charge in [0.25, 0.3) is 5.91 Å². The Morgan fingerprint density at radius 1 is 1.00 bits per heavy atom. The molecule has 1 aromatic heterocycles. The van der Waals surface area contributed by atoms with E-state index in [9.17, 15) is 4.79 Å². The molecule has 3 heterocycles. The highest BCUT2D eigenvalue weighted by atomic mass is 16.2. The van der Waals surface area contributed by atoms with Gasteiger partial charge in [-0.15, -0.1) is 0 Å². The summed E-state index contributed by atoms with van der Waals surface area (Å²) in [5.74, 6) is 0.0925. The fourth-order valence-electron chi connectivity index (χ4n) is 3.82. The monoisotopic (exact) mass is 336 g/mol. The number of benzene rings is 1. The fraction of sp³-hybridized carbons (Fsp3) is 0.450. The van der Waals surface area contributed by atoms with E-state index >= 15 is 0 Å². The minimum absolute atomic E-state index is 0.0925. The first-order chi connectivity index (χ1) is 12.3. The van der Waals surface area contributed by atoms with E-state index in [-0.39, 0.29) is 5.91 Å². The van der Waals surface area contributed by atoms with Gasteiger partial charge in [-0.3, -0.25) is 9.69 Å². The van der Waals surface area contributed by atoms with Gasteiger partial charge >= 0.3 is 0 Å². The molecule has 0 unspecified atom stereocenters. The van der Waals surface area contributed by atoms with Crippen LogP contribution in [0.2, 0.25) is 0 Å². The number of hydrogen-bond acceptors (Lipinski definition) is 4. The Kier molecular flexibility index (Phi) is 4.74. The summed E-state index contributed by atoms with van der Waals surface area (Å²) in [5, 5.41) is 0. The Morgan fingerprint density at radius 3 is 2.60 bits per heavy atom. The number of rotatable bonds is 3. The van der Waals surface area contributed by atoms with E-state index in [1.54, 1.807) is 6.33 Å². The Labute approximate surface area is 148 Å². The molecule has 4 rings (SSSR count). The van der Waals surface area contributed by atoms with Crippen molar-refractivity contribution in [1.82, 2.24) is 19.8 Å². The van der Waals surface area contributed by atoms with E-state index < -0.39 is 0 Å². The molecule has 0 spiro atoms. The van der Waals surface area contributed by atoms with Gasteiger partial charge in [0.1, 0.15) is 12.0 Å². The lowest BCUT2D eigenvalue weighted by atomic mass is 10.0. The van der Waals surface area contributed by atoms with Gasteiger partial charge < -0.3 is 4.90 Å². The van der Waals surface area contributed by atoms with Crippen LogP contribution in [0, 0.1) is 0 Å². The molecule has 1 aromatic carbocycles. The van der Waals surface area contributed by atoms with Gasteiger partial charge in [-0.2, -0.15) is 0 Å². The second kappa shape index (κ2) is 7.31. The van der Waals surface area contributed by atoms with Crippen LogP contribution >= 0.6 is 0 Å². The number of likely N-dealkylation sites (tertiary alicyclic amines) is 1. The molecule has 0 saturated carbocycles. The first-order valence-electron chi connectivity index (χ1n) is 9.19. The molecule has 0 radical (unpaired) electrons. The molecular weight excluding hydrogens is 312 g/mol. The van der Waals surface area contributed by atoms with Gasteiger partial charge in [0.15, 0.2) is 0 Å². The van der Waals surface area contributed by atoms with Crippen LogP contribution in [0.3, 0.4) is 0 Å². The minimum Gasteiger partial charge on any atom is -0.337 e. The van der Waals surface area contributed by atoms with Crippen LogP contribution in [-0.4, -0.2) is 45.3 Å². The zero-order valence-corrected chi connectivity index (χ0v) is 14.5. The van der Waals surface area contributed by atoms with Crippen LogP contribution in [0.25, 0.3) is 0 Å². The van der Waals surface area contributed by atoms with Gasteiger partial charge in [0, 0.05) is 38.3 Å². The number of carbonyl (C=O) groups excluding carboxylic acids is 1. The predicted molar refractivity (Wildman–Crippen MR) is 96.0 cm³/mol. The molecule has 0 N–H and O–H groups in total. The topological polar surface area (TPSA) is 49.3 Å². The SMILES string of the molecule is O=C(c1ncnc2c1CCN(Cc1ccccc1)C2)N1CCCCC1. The van der Waals surface area contributed by atoms with Crippen LogP contribution in [0.4, 0.5) is 0 Å². The van der Waals surface area contributed by atoms with E-state index in [4.69, 9.17) is 0 Å². The van der Waals surface area contributed by atoms with Crippen LogP contribution < -0.4 is 0 Å². The zero-order chi connectivity index (χ0) is 17.1. The second-order valence-electron chi connectivity index (χ2n) is 6.95. The smallest absolute Gasteiger partial charge is 0.272 e. The van der Waals surface area contributed by atoms with E-state index in [1.165, 1.54) is 12.0 Å². The summed E-state index contributed by atoms with van der Waals surface area (Å²) < 4.78 is 0. The maximum Gasteiger partial charge on any atom is 0.272 e. The number of amides is 1. The lowest BCUT2D eigenvalue weighted by Crippen LogP contribution is -2.38. The molecule has 2 aromatic rings. The summed E-state index contributed by atoms with van der Waals surface area (Å²) in [6, 6.07) is 10.5.